The van der Waals surface area contributed by atoms with Crippen molar-refractivity contribution in [1.29, 1.82) is 0 Å². The number of anilines is 1. The SMILES string of the molecule is CSC1CCC(Nc2nc3ccccc3cc2C)C1. The van der Waals surface area contributed by atoms with Crippen molar-refractivity contribution in [2.24, 2.45) is 0 Å². The van der Waals surface area contributed by atoms with Crippen LogP contribution in [0.4, 0.5) is 5.82 Å². The summed E-state index contributed by atoms with van der Waals surface area (Å²) in [5, 5.41) is 5.68. The largest absolute Gasteiger partial charge is 0.367 e. The van der Waals surface area contributed by atoms with Gasteiger partial charge in [-0.05, 0) is 50.1 Å². The zero-order valence-electron chi connectivity index (χ0n) is 11.5. The van der Waals surface area contributed by atoms with Crippen molar-refractivity contribution < 1.29 is 0 Å². The van der Waals surface area contributed by atoms with E-state index in [4.69, 9.17) is 4.98 Å². The highest BCUT2D eigenvalue weighted by Gasteiger charge is 2.24. The third-order valence-electron chi connectivity index (χ3n) is 3.97. The first-order chi connectivity index (χ1) is 9.26. The van der Waals surface area contributed by atoms with E-state index in [9.17, 15) is 0 Å². The Morgan fingerprint density at radius 3 is 2.89 bits per heavy atom. The fraction of sp³-hybridized carbons (Fsp3) is 0.438. The fourth-order valence-corrected chi connectivity index (χ4v) is 3.64. The van der Waals surface area contributed by atoms with E-state index in [0.29, 0.717) is 6.04 Å². The Labute approximate surface area is 119 Å². The van der Waals surface area contributed by atoms with E-state index in [-0.39, 0.29) is 0 Å². The molecular weight excluding hydrogens is 252 g/mol. The van der Waals surface area contributed by atoms with Gasteiger partial charge in [0.1, 0.15) is 5.82 Å². The van der Waals surface area contributed by atoms with Crippen molar-refractivity contribution in [3.63, 3.8) is 0 Å². The molecule has 1 aromatic carbocycles. The van der Waals surface area contributed by atoms with Crippen LogP contribution in [0.2, 0.25) is 0 Å². The summed E-state index contributed by atoms with van der Waals surface area (Å²) >= 11 is 1.99. The van der Waals surface area contributed by atoms with Crippen LogP contribution in [0, 0.1) is 6.92 Å². The lowest BCUT2D eigenvalue weighted by molar-refractivity contribution is 0.751. The van der Waals surface area contributed by atoms with Crippen LogP contribution in [0.15, 0.2) is 30.3 Å². The van der Waals surface area contributed by atoms with Crippen molar-refractivity contribution in [1.82, 2.24) is 4.98 Å². The number of fused-ring (bicyclic) bond motifs is 1. The molecule has 1 saturated carbocycles. The molecule has 100 valence electrons. The van der Waals surface area contributed by atoms with Crippen molar-refractivity contribution >= 4 is 28.5 Å². The summed E-state index contributed by atoms with van der Waals surface area (Å²) in [5.74, 6) is 1.06. The summed E-state index contributed by atoms with van der Waals surface area (Å²) in [7, 11) is 0. The van der Waals surface area contributed by atoms with Crippen molar-refractivity contribution in [2.75, 3.05) is 11.6 Å². The number of pyridine rings is 1. The Kier molecular flexibility index (Phi) is 3.65. The molecule has 1 fully saturated rings. The lowest BCUT2D eigenvalue weighted by Crippen LogP contribution is -2.17. The van der Waals surface area contributed by atoms with Gasteiger partial charge >= 0.3 is 0 Å². The minimum atomic E-state index is 0.588. The number of aromatic nitrogens is 1. The average molecular weight is 272 g/mol. The first-order valence-electron chi connectivity index (χ1n) is 6.92. The van der Waals surface area contributed by atoms with Gasteiger partial charge in [0, 0.05) is 16.7 Å². The van der Waals surface area contributed by atoms with Crippen LogP contribution in [0.1, 0.15) is 24.8 Å². The predicted octanol–water partition coefficient (Wildman–Crippen LogP) is 4.24. The highest BCUT2D eigenvalue weighted by molar-refractivity contribution is 7.99. The Balaban J connectivity index is 1.83. The Morgan fingerprint density at radius 1 is 1.26 bits per heavy atom. The van der Waals surface area contributed by atoms with Gasteiger partial charge in [-0.25, -0.2) is 4.98 Å². The zero-order valence-corrected chi connectivity index (χ0v) is 12.3. The molecule has 1 aliphatic carbocycles. The molecule has 0 amide bonds. The number of thioether (sulfide) groups is 1. The van der Waals surface area contributed by atoms with Crippen LogP contribution < -0.4 is 5.32 Å². The molecule has 0 spiro atoms. The summed E-state index contributed by atoms with van der Waals surface area (Å²) < 4.78 is 0. The molecule has 1 aliphatic rings. The van der Waals surface area contributed by atoms with E-state index in [1.54, 1.807) is 0 Å². The molecular formula is C16H20N2S. The molecule has 0 aliphatic heterocycles. The average Bonchev–Trinajstić information content (AvgIpc) is 2.87. The maximum absolute atomic E-state index is 4.77. The fourth-order valence-electron chi connectivity index (χ4n) is 2.85. The minimum Gasteiger partial charge on any atom is -0.367 e. The molecule has 3 heteroatoms. The van der Waals surface area contributed by atoms with Crippen LogP contribution >= 0.6 is 11.8 Å². The lowest BCUT2D eigenvalue weighted by atomic mass is 10.1. The van der Waals surface area contributed by atoms with Gasteiger partial charge in [0.25, 0.3) is 0 Å². The number of aryl methyl sites for hydroxylation is 1. The highest BCUT2D eigenvalue weighted by atomic mass is 32.2. The number of hydrogen-bond acceptors (Lipinski definition) is 3. The molecule has 0 bridgehead atoms. The van der Waals surface area contributed by atoms with Crippen LogP contribution in [0.25, 0.3) is 10.9 Å². The zero-order chi connectivity index (χ0) is 13.2. The summed E-state index contributed by atoms with van der Waals surface area (Å²) in [4.78, 5) is 4.77. The number of benzene rings is 1. The van der Waals surface area contributed by atoms with Gasteiger partial charge < -0.3 is 5.32 Å². The number of nitrogens with zero attached hydrogens (tertiary/aromatic N) is 1. The van der Waals surface area contributed by atoms with Crippen molar-refractivity contribution in [3.8, 4) is 0 Å². The monoisotopic (exact) mass is 272 g/mol. The summed E-state index contributed by atoms with van der Waals surface area (Å²) in [6.07, 6.45) is 6.06. The third kappa shape index (κ3) is 2.71. The molecule has 0 radical (unpaired) electrons. The molecule has 3 rings (SSSR count). The van der Waals surface area contributed by atoms with E-state index in [2.05, 4.69) is 42.8 Å². The first-order valence-corrected chi connectivity index (χ1v) is 8.21. The quantitative estimate of drug-likeness (QED) is 0.904. The smallest absolute Gasteiger partial charge is 0.129 e. The van der Waals surface area contributed by atoms with Gasteiger partial charge in [-0.3, -0.25) is 0 Å². The van der Waals surface area contributed by atoms with E-state index in [1.807, 2.05) is 17.8 Å². The van der Waals surface area contributed by atoms with E-state index < -0.39 is 0 Å². The molecule has 1 heterocycles. The highest BCUT2D eigenvalue weighted by Crippen LogP contribution is 2.31. The van der Waals surface area contributed by atoms with E-state index >= 15 is 0 Å². The van der Waals surface area contributed by atoms with Crippen LogP contribution in [-0.4, -0.2) is 22.5 Å². The Morgan fingerprint density at radius 2 is 2.11 bits per heavy atom. The molecule has 2 atom stereocenters. The minimum absolute atomic E-state index is 0.588. The Bertz CT molecular complexity index is 582. The standard InChI is InChI=1S/C16H20N2S/c1-11-9-12-5-3-4-6-15(12)18-16(11)17-13-7-8-14(10-13)19-2/h3-6,9,13-14H,7-8,10H2,1-2H3,(H,17,18). The topological polar surface area (TPSA) is 24.9 Å². The molecule has 19 heavy (non-hydrogen) atoms. The van der Waals surface area contributed by atoms with Gasteiger partial charge in [-0.15, -0.1) is 0 Å². The molecule has 1 N–H and O–H groups in total. The van der Waals surface area contributed by atoms with Crippen molar-refractivity contribution in [3.05, 3.63) is 35.9 Å². The maximum Gasteiger partial charge on any atom is 0.129 e. The Hall–Kier alpha value is -1.22. The second-order valence-corrected chi connectivity index (χ2v) is 6.50. The number of hydrogen-bond donors (Lipinski definition) is 1. The van der Waals surface area contributed by atoms with Crippen LogP contribution in [0.5, 0.6) is 0 Å². The molecule has 2 unspecified atom stereocenters. The molecule has 1 aromatic heterocycles. The van der Waals surface area contributed by atoms with E-state index in [1.165, 1.54) is 30.2 Å². The summed E-state index contributed by atoms with van der Waals surface area (Å²) in [6.45, 7) is 2.14. The van der Waals surface area contributed by atoms with Gasteiger partial charge in [-0.2, -0.15) is 11.8 Å². The molecule has 2 aromatic rings. The number of rotatable bonds is 3. The van der Waals surface area contributed by atoms with Crippen LogP contribution in [0.3, 0.4) is 0 Å². The second-order valence-electron chi connectivity index (χ2n) is 5.36. The van der Waals surface area contributed by atoms with Gasteiger partial charge in [0.2, 0.25) is 0 Å². The number of nitrogens with one attached hydrogen (secondary N) is 1. The van der Waals surface area contributed by atoms with Crippen molar-refractivity contribution in [2.45, 2.75) is 37.5 Å². The van der Waals surface area contributed by atoms with E-state index in [0.717, 1.165) is 16.6 Å². The third-order valence-corrected chi connectivity index (χ3v) is 5.07. The molecule has 0 saturated heterocycles. The second kappa shape index (κ2) is 5.41. The van der Waals surface area contributed by atoms with Gasteiger partial charge in [0.15, 0.2) is 0 Å². The van der Waals surface area contributed by atoms with Crippen LogP contribution in [-0.2, 0) is 0 Å². The summed E-state index contributed by atoms with van der Waals surface area (Å²) in [6, 6.07) is 11.1. The number of para-hydroxylation sites is 1. The normalized spacial score (nSPS) is 22.8. The summed E-state index contributed by atoms with van der Waals surface area (Å²) in [5.41, 5.74) is 2.32. The lowest BCUT2D eigenvalue weighted by Gasteiger charge is -2.16. The molecule has 2 nitrogen and oxygen atoms in total. The maximum atomic E-state index is 4.77. The van der Waals surface area contributed by atoms with Gasteiger partial charge in [0.05, 0.1) is 5.52 Å². The first kappa shape index (κ1) is 12.8. The van der Waals surface area contributed by atoms with Gasteiger partial charge in [-0.1, -0.05) is 18.2 Å². The predicted molar refractivity (Wildman–Crippen MR) is 85.0 cm³/mol.